The van der Waals surface area contributed by atoms with Crippen molar-refractivity contribution in [2.24, 2.45) is 5.92 Å². The minimum Gasteiger partial charge on any atom is -0.506 e. The second-order valence-electron chi connectivity index (χ2n) is 7.68. The van der Waals surface area contributed by atoms with Crippen molar-refractivity contribution < 1.29 is 22.7 Å². The predicted octanol–water partition coefficient (Wildman–Crippen LogP) is 1.94. The first-order valence-corrected chi connectivity index (χ1v) is 10.7. The first kappa shape index (κ1) is 20.0. The number of carbonyl (C=O) groups excluding carboxylic acids is 1. The number of phenolic OH excluding ortho intramolecular Hbond substituents is 1. The molecule has 150 valence electrons. The zero-order chi connectivity index (χ0) is 19.8. The van der Waals surface area contributed by atoms with E-state index < -0.39 is 39.9 Å². The van der Waals surface area contributed by atoms with Crippen molar-refractivity contribution in [1.82, 2.24) is 9.62 Å². The summed E-state index contributed by atoms with van der Waals surface area (Å²) in [6, 6.07) is 2.63. The molecule has 0 radical (unpaired) electrons. The summed E-state index contributed by atoms with van der Waals surface area (Å²) in [7, 11) is -4.17. The van der Waals surface area contributed by atoms with Gasteiger partial charge in [-0.25, -0.2) is 4.39 Å². The van der Waals surface area contributed by atoms with Gasteiger partial charge in [0.2, 0.25) is 0 Å². The fourth-order valence-electron chi connectivity index (χ4n) is 3.68. The molecule has 7 nitrogen and oxygen atoms in total. The maximum Gasteiger partial charge on any atom is 0.308 e. The van der Waals surface area contributed by atoms with Gasteiger partial charge in [0.15, 0.2) is 5.82 Å². The van der Waals surface area contributed by atoms with Gasteiger partial charge < -0.3 is 10.0 Å². The molecule has 2 fully saturated rings. The lowest BCUT2D eigenvalue weighted by Gasteiger charge is -2.33. The maximum atomic E-state index is 14.7. The molecule has 27 heavy (non-hydrogen) atoms. The fourth-order valence-corrected chi connectivity index (χ4v) is 4.87. The highest BCUT2D eigenvalue weighted by atomic mass is 32.2. The molecule has 0 aromatic heterocycles. The van der Waals surface area contributed by atoms with Crippen molar-refractivity contribution in [3.63, 3.8) is 0 Å². The van der Waals surface area contributed by atoms with Crippen LogP contribution >= 0.6 is 0 Å². The number of nitrogens with one attached hydrogen (secondary N) is 1. The summed E-state index contributed by atoms with van der Waals surface area (Å²) in [4.78, 5) is 14.2. The van der Waals surface area contributed by atoms with Crippen LogP contribution < -0.4 is 9.03 Å². The number of phenols is 1. The van der Waals surface area contributed by atoms with E-state index in [1.54, 1.807) is 0 Å². The molecule has 1 unspecified atom stereocenters. The van der Waals surface area contributed by atoms with Gasteiger partial charge in [0.1, 0.15) is 11.4 Å². The van der Waals surface area contributed by atoms with Gasteiger partial charge in [-0.05, 0) is 61.9 Å². The van der Waals surface area contributed by atoms with Gasteiger partial charge in [-0.3, -0.25) is 4.79 Å². The van der Waals surface area contributed by atoms with Crippen LogP contribution in [0.25, 0.3) is 0 Å². The van der Waals surface area contributed by atoms with Gasteiger partial charge in [-0.2, -0.15) is 17.4 Å². The smallest absolute Gasteiger partial charge is 0.308 e. The van der Waals surface area contributed by atoms with E-state index in [0.29, 0.717) is 15.8 Å². The minimum atomic E-state index is -4.17. The summed E-state index contributed by atoms with van der Waals surface area (Å²) in [5.74, 6) is -1.60. The van der Waals surface area contributed by atoms with Crippen molar-refractivity contribution in [2.45, 2.75) is 39.0 Å². The molecule has 3 rings (SSSR count). The van der Waals surface area contributed by atoms with E-state index in [9.17, 15) is 22.7 Å². The number of likely N-dealkylation sites (tertiary alicyclic amines) is 1. The first-order chi connectivity index (χ1) is 12.7. The van der Waals surface area contributed by atoms with E-state index in [4.69, 9.17) is 0 Å². The summed E-state index contributed by atoms with van der Waals surface area (Å²) >= 11 is 0. The number of nitrogens with zero attached hydrogens (tertiary/aromatic N) is 2. The second kappa shape index (κ2) is 7.73. The number of halogens is 1. The highest BCUT2D eigenvalue weighted by Crippen LogP contribution is 2.38. The van der Waals surface area contributed by atoms with Crippen LogP contribution in [0.15, 0.2) is 12.1 Å². The van der Waals surface area contributed by atoms with Crippen LogP contribution in [-0.4, -0.2) is 50.5 Å². The molecule has 1 aromatic carbocycles. The zero-order valence-electron chi connectivity index (χ0n) is 15.6. The Morgan fingerprint density at radius 3 is 2.70 bits per heavy atom. The van der Waals surface area contributed by atoms with Crippen LogP contribution in [0, 0.1) is 11.7 Å². The summed E-state index contributed by atoms with van der Waals surface area (Å²) in [6.07, 6.45) is 2.95. The number of carbonyl (C=O) groups is 1. The highest BCUT2D eigenvalue weighted by molar-refractivity contribution is 7.92. The Labute approximate surface area is 159 Å². The Morgan fingerprint density at radius 2 is 2.11 bits per heavy atom. The van der Waals surface area contributed by atoms with Gasteiger partial charge in [0.05, 0.1) is 6.54 Å². The normalized spacial score (nSPS) is 23.3. The van der Waals surface area contributed by atoms with E-state index >= 15 is 0 Å². The van der Waals surface area contributed by atoms with Gasteiger partial charge in [0.25, 0.3) is 5.91 Å². The number of hydrogen-bond donors (Lipinski definition) is 2. The number of aromatic hydroxyl groups is 1. The van der Waals surface area contributed by atoms with Crippen LogP contribution in [0.1, 0.15) is 44.6 Å². The largest absolute Gasteiger partial charge is 0.506 e. The molecule has 1 aromatic rings. The predicted molar refractivity (Wildman–Crippen MR) is 100 cm³/mol. The molecule has 2 aliphatic rings. The van der Waals surface area contributed by atoms with Crippen LogP contribution in [0.3, 0.4) is 0 Å². The zero-order valence-corrected chi connectivity index (χ0v) is 16.4. The van der Waals surface area contributed by atoms with E-state index in [1.807, 2.05) is 4.72 Å². The Morgan fingerprint density at radius 1 is 1.37 bits per heavy atom. The Bertz CT molecular complexity index is 805. The maximum absolute atomic E-state index is 14.7. The summed E-state index contributed by atoms with van der Waals surface area (Å²) in [5.41, 5.74) is 0.0150. The van der Waals surface area contributed by atoms with E-state index in [0.717, 1.165) is 38.9 Å². The standard InChI is InChI=1S/C18H26FN3O4S/c1-12(2)5-7-21-6-3-4-13(11-21)14-8-15(19)18(16(23)9-14)22-17(24)10-20-27(22,25)26/h8-9,12-13,20,23H,3-7,10-11H2,1-2H3. The number of amides is 1. The SMILES string of the molecule is CC(C)CCN1CCCC(c2cc(O)c(N3C(=O)CNS3(=O)=O)c(F)c2)C1. The lowest BCUT2D eigenvalue weighted by molar-refractivity contribution is -0.115. The van der Waals surface area contributed by atoms with Crippen LogP contribution in [0.4, 0.5) is 10.1 Å². The van der Waals surface area contributed by atoms with Gasteiger partial charge in [0, 0.05) is 6.54 Å². The number of hydrogen-bond acceptors (Lipinski definition) is 5. The van der Waals surface area contributed by atoms with Crippen LogP contribution in [-0.2, 0) is 15.0 Å². The molecule has 2 aliphatic heterocycles. The van der Waals surface area contributed by atoms with Crippen LogP contribution in [0.2, 0.25) is 0 Å². The summed E-state index contributed by atoms with van der Waals surface area (Å²) < 4.78 is 40.9. The quantitative estimate of drug-likeness (QED) is 0.790. The average molecular weight is 399 g/mol. The molecule has 1 amide bonds. The van der Waals surface area contributed by atoms with Gasteiger partial charge in [-0.1, -0.05) is 13.8 Å². The fraction of sp³-hybridized carbons (Fsp3) is 0.611. The minimum absolute atomic E-state index is 0.0596. The topological polar surface area (TPSA) is 89.9 Å². The number of benzene rings is 1. The molecule has 2 saturated heterocycles. The van der Waals surface area contributed by atoms with E-state index in [2.05, 4.69) is 18.7 Å². The molecule has 0 aliphatic carbocycles. The van der Waals surface area contributed by atoms with Crippen molar-refractivity contribution >= 4 is 21.8 Å². The Kier molecular flexibility index (Phi) is 5.73. The molecule has 9 heteroatoms. The summed E-state index contributed by atoms with van der Waals surface area (Å²) in [6.45, 7) is 6.66. The lowest BCUT2D eigenvalue weighted by atomic mass is 9.90. The molecule has 2 heterocycles. The monoisotopic (exact) mass is 399 g/mol. The van der Waals surface area contributed by atoms with Crippen molar-refractivity contribution in [3.05, 3.63) is 23.5 Å². The van der Waals surface area contributed by atoms with Crippen molar-refractivity contribution in [1.29, 1.82) is 0 Å². The number of anilines is 1. The van der Waals surface area contributed by atoms with E-state index in [-0.39, 0.29) is 5.92 Å². The van der Waals surface area contributed by atoms with Crippen LogP contribution in [0.5, 0.6) is 5.75 Å². The lowest BCUT2D eigenvalue weighted by Crippen LogP contribution is -2.35. The molecule has 0 saturated carbocycles. The molecular formula is C18H26FN3O4S. The number of piperidine rings is 1. The van der Waals surface area contributed by atoms with Gasteiger partial charge in [-0.15, -0.1) is 0 Å². The average Bonchev–Trinajstić information content (AvgIpc) is 2.86. The Balaban J connectivity index is 1.83. The second-order valence-corrected chi connectivity index (χ2v) is 9.28. The summed E-state index contributed by atoms with van der Waals surface area (Å²) in [5, 5.41) is 10.3. The highest BCUT2D eigenvalue weighted by Gasteiger charge is 2.39. The third-order valence-corrected chi connectivity index (χ3v) is 6.52. The van der Waals surface area contributed by atoms with Crippen molar-refractivity contribution in [3.8, 4) is 5.75 Å². The molecule has 0 spiro atoms. The molecule has 1 atom stereocenters. The Hall–Kier alpha value is -1.71. The van der Waals surface area contributed by atoms with Crippen molar-refractivity contribution in [2.75, 3.05) is 30.5 Å². The molecule has 0 bridgehead atoms. The molecule has 2 N–H and O–H groups in total. The number of rotatable bonds is 5. The van der Waals surface area contributed by atoms with E-state index in [1.165, 1.54) is 12.1 Å². The molecular weight excluding hydrogens is 373 g/mol. The third-order valence-electron chi connectivity index (χ3n) is 5.14. The first-order valence-electron chi connectivity index (χ1n) is 9.26. The van der Waals surface area contributed by atoms with Gasteiger partial charge >= 0.3 is 10.2 Å². The third kappa shape index (κ3) is 4.25.